The van der Waals surface area contributed by atoms with Gasteiger partial charge in [-0.05, 0) is 24.3 Å². The third kappa shape index (κ3) is 6.12. The number of ether oxygens (including phenoxy) is 3. The van der Waals surface area contributed by atoms with E-state index in [4.69, 9.17) is 14.2 Å². The van der Waals surface area contributed by atoms with Gasteiger partial charge in [0.05, 0.1) is 11.3 Å². The van der Waals surface area contributed by atoms with Gasteiger partial charge >= 0.3 is 12.0 Å². The van der Waals surface area contributed by atoms with Gasteiger partial charge in [0.2, 0.25) is 12.7 Å². The van der Waals surface area contributed by atoms with Crippen molar-refractivity contribution in [2.75, 3.05) is 31.5 Å². The van der Waals surface area contributed by atoms with Gasteiger partial charge in [-0.2, -0.15) is 0 Å². The van der Waals surface area contributed by atoms with Crippen LogP contribution in [-0.4, -0.2) is 50.0 Å². The van der Waals surface area contributed by atoms with E-state index in [-0.39, 0.29) is 24.0 Å². The van der Waals surface area contributed by atoms with E-state index in [0.717, 1.165) is 11.8 Å². The van der Waals surface area contributed by atoms with Gasteiger partial charge in [-0.25, -0.2) is 9.59 Å². The molecule has 0 saturated carbocycles. The Hall–Kier alpha value is -3.73. The fourth-order valence-electron chi connectivity index (χ4n) is 2.51. The van der Waals surface area contributed by atoms with E-state index in [9.17, 15) is 19.2 Å². The highest BCUT2D eigenvalue weighted by Crippen LogP contribution is 2.34. The molecule has 11 heteroatoms. The minimum atomic E-state index is -0.763. The monoisotopic (exact) mass is 445 g/mol. The lowest BCUT2D eigenvalue weighted by atomic mass is 10.2. The number of thioether (sulfide) groups is 1. The summed E-state index contributed by atoms with van der Waals surface area (Å²) in [5.41, 5.74) is 0.765. The van der Waals surface area contributed by atoms with Crippen LogP contribution in [0.2, 0.25) is 0 Å². The van der Waals surface area contributed by atoms with Crippen LogP contribution in [0.1, 0.15) is 10.4 Å². The number of benzene rings is 2. The van der Waals surface area contributed by atoms with Crippen LogP contribution in [0.25, 0.3) is 0 Å². The summed E-state index contributed by atoms with van der Waals surface area (Å²) in [7, 11) is 1.35. The first-order valence-electron chi connectivity index (χ1n) is 9.06. The van der Waals surface area contributed by atoms with Crippen LogP contribution in [-0.2, 0) is 14.3 Å². The predicted octanol–water partition coefficient (Wildman–Crippen LogP) is 1.76. The molecule has 0 radical (unpaired) electrons. The third-order valence-corrected chi connectivity index (χ3v) is 5.01. The summed E-state index contributed by atoms with van der Waals surface area (Å²) in [6.45, 7) is -0.473. The standard InChI is InChI=1S/C20H19N3O7S/c1-21-20(27)23-17(24)9-28-19(26)13-4-2-3-5-16(13)31-10-18(25)22-12-6-7-14-15(8-12)30-11-29-14/h2-8H,9-11H2,1H3,(H,22,25)(H2,21,23,24,27). The second kappa shape index (κ2) is 10.3. The lowest BCUT2D eigenvalue weighted by Gasteiger charge is -2.10. The van der Waals surface area contributed by atoms with Crippen molar-refractivity contribution in [3.63, 3.8) is 0 Å². The van der Waals surface area contributed by atoms with Gasteiger partial charge in [0.15, 0.2) is 18.1 Å². The minimum absolute atomic E-state index is 0.0376. The molecule has 0 spiro atoms. The average Bonchev–Trinajstić information content (AvgIpc) is 3.24. The molecule has 0 aliphatic carbocycles. The Kier molecular flexibility index (Phi) is 7.33. The van der Waals surface area contributed by atoms with E-state index < -0.39 is 24.5 Å². The molecule has 10 nitrogen and oxygen atoms in total. The molecule has 0 aromatic heterocycles. The summed E-state index contributed by atoms with van der Waals surface area (Å²) < 4.78 is 15.5. The summed E-state index contributed by atoms with van der Waals surface area (Å²) >= 11 is 1.14. The number of imide groups is 1. The van der Waals surface area contributed by atoms with Gasteiger partial charge in [-0.3, -0.25) is 14.9 Å². The Morgan fingerprint density at radius 3 is 2.61 bits per heavy atom. The minimum Gasteiger partial charge on any atom is -0.454 e. The van der Waals surface area contributed by atoms with Gasteiger partial charge in [0.25, 0.3) is 5.91 Å². The van der Waals surface area contributed by atoms with E-state index in [1.807, 2.05) is 5.32 Å². The van der Waals surface area contributed by atoms with Crippen molar-refractivity contribution >= 4 is 41.3 Å². The van der Waals surface area contributed by atoms with Crippen molar-refractivity contribution < 1.29 is 33.4 Å². The largest absolute Gasteiger partial charge is 0.454 e. The predicted molar refractivity (Wildman–Crippen MR) is 111 cm³/mol. The normalized spacial score (nSPS) is 11.4. The summed E-state index contributed by atoms with van der Waals surface area (Å²) in [5.74, 6) is -0.581. The highest BCUT2D eigenvalue weighted by atomic mass is 32.2. The number of fused-ring (bicyclic) bond motifs is 1. The van der Waals surface area contributed by atoms with Crippen molar-refractivity contribution in [2.24, 2.45) is 0 Å². The number of carbonyl (C=O) groups excluding carboxylic acids is 4. The molecule has 162 valence electrons. The van der Waals surface area contributed by atoms with Crippen LogP contribution >= 0.6 is 11.8 Å². The molecule has 0 fully saturated rings. The Bertz CT molecular complexity index is 1010. The summed E-state index contributed by atoms with van der Waals surface area (Å²) in [6.07, 6.45) is 0. The number of anilines is 1. The van der Waals surface area contributed by atoms with E-state index >= 15 is 0 Å². The summed E-state index contributed by atoms with van der Waals surface area (Å²) in [4.78, 5) is 47.8. The maximum absolute atomic E-state index is 12.3. The molecule has 2 aromatic carbocycles. The fraction of sp³-hybridized carbons (Fsp3) is 0.200. The van der Waals surface area contributed by atoms with Crippen LogP contribution in [0.5, 0.6) is 11.5 Å². The van der Waals surface area contributed by atoms with E-state index in [0.29, 0.717) is 22.1 Å². The number of rotatable bonds is 7. The van der Waals surface area contributed by atoms with Crippen LogP contribution in [0.3, 0.4) is 0 Å². The van der Waals surface area contributed by atoms with E-state index in [2.05, 4.69) is 10.6 Å². The highest BCUT2D eigenvalue weighted by molar-refractivity contribution is 8.00. The molecule has 0 saturated heterocycles. The quantitative estimate of drug-likeness (QED) is 0.434. The number of amides is 4. The van der Waals surface area contributed by atoms with Crippen molar-refractivity contribution in [3.05, 3.63) is 48.0 Å². The molecule has 3 N–H and O–H groups in total. The van der Waals surface area contributed by atoms with E-state index in [1.54, 1.807) is 36.4 Å². The van der Waals surface area contributed by atoms with Crippen molar-refractivity contribution in [1.82, 2.24) is 10.6 Å². The van der Waals surface area contributed by atoms with Crippen molar-refractivity contribution in [1.29, 1.82) is 0 Å². The topological polar surface area (TPSA) is 132 Å². The molecule has 4 amide bonds. The lowest BCUT2D eigenvalue weighted by Crippen LogP contribution is -2.39. The Morgan fingerprint density at radius 2 is 1.81 bits per heavy atom. The average molecular weight is 445 g/mol. The maximum Gasteiger partial charge on any atom is 0.339 e. The van der Waals surface area contributed by atoms with Gasteiger partial charge in [0.1, 0.15) is 0 Å². The van der Waals surface area contributed by atoms with Gasteiger partial charge < -0.3 is 24.8 Å². The molecule has 0 bridgehead atoms. The smallest absolute Gasteiger partial charge is 0.339 e. The van der Waals surface area contributed by atoms with Crippen molar-refractivity contribution in [2.45, 2.75) is 4.90 Å². The summed E-state index contributed by atoms with van der Waals surface area (Å²) in [6, 6.07) is 10.9. The Balaban J connectivity index is 1.53. The van der Waals surface area contributed by atoms with Crippen LogP contribution in [0, 0.1) is 0 Å². The molecule has 1 aliphatic heterocycles. The Morgan fingerprint density at radius 1 is 1.03 bits per heavy atom. The zero-order valence-electron chi connectivity index (χ0n) is 16.4. The molecular formula is C20H19N3O7S. The molecule has 31 heavy (non-hydrogen) atoms. The van der Waals surface area contributed by atoms with Crippen LogP contribution < -0.4 is 25.4 Å². The zero-order chi connectivity index (χ0) is 22.2. The number of esters is 1. The molecule has 1 aliphatic rings. The van der Waals surface area contributed by atoms with Gasteiger partial charge in [-0.1, -0.05) is 12.1 Å². The Labute approximate surface area is 181 Å². The first-order chi connectivity index (χ1) is 15.0. The first-order valence-corrected chi connectivity index (χ1v) is 10.0. The van der Waals surface area contributed by atoms with Crippen molar-refractivity contribution in [3.8, 4) is 11.5 Å². The molecule has 2 aromatic rings. The van der Waals surface area contributed by atoms with Crippen LogP contribution in [0.15, 0.2) is 47.4 Å². The lowest BCUT2D eigenvalue weighted by molar-refractivity contribution is -0.123. The zero-order valence-corrected chi connectivity index (χ0v) is 17.2. The number of hydrogen-bond acceptors (Lipinski definition) is 8. The molecule has 0 atom stereocenters. The molecule has 3 rings (SSSR count). The van der Waals surface area contributed by atoms with Gasteiger partial charge in [0, 0.05) is 23.7 Å². The second-order valence-electron chi connectivity index (χ2n) is 6.10. The van der Waals surface area contributed by atoms with E-state index in [1.165, 1.54) is 13.1 Å². The van der Waals surface area contributed by atoms with Gasteiger partial charge in [-0.15, -0.1) is 11.8 Å². The highest BCUT2D eigenvalue weighted by Gasteiger charge is 2.17. The van der Waals surface area contributed by atoms with Crippen LogP contribution in [0.4, 0.5) is 10.5 Å². The summed E-state index contributed by atoms with van der Waals surface area (Å²) in [5, 5.41) is 6.96. The fourth-order valence-corrected chi connectivity index (χ4v) is 3.35. The number of carbonyl (C=O) groups is 4. The number of urea groups is 1. The second-order valence-corrected chi connectivity index (χ2v) is 7.12. The number of nitrogens with one attached hydrogen (secondary N) is 3. The molecular weight excluding hydrogens is 426 g/mol. The SMILES string of the molecule is CNC(=O)NC(=O)COC(=O)c1ccccc1SCC(=O)Nc1ccc2c(c1)OCO2. The third-order valence-electron chi connectivity index (χ3n) is 3.94. The number of hydrogen-bond donors (Lipinski definition) is 3. The maximum atomic E-state index is 12.3. The first kappa shape index (κ1) is 22.0. The molecule has 1 heterocycles. The molecule has 0 unspecified atom stereocenters.